The van der Waals surface area contributed by atoms with E-state index in [1.165, 1.54) is 6.20 Å². The summed E-state index contributed by atoms with van der Waals surface area (Å²) in [6.07, 6.45) is 7.09. The third-order valence-electron chi connectivity index (χ3n) is 4.47. The van der Waals surface area contributed by atoms with Crippen LogP contribution in [-0.4, -0.2) is 59.4 Å². The first-order chi connectivity index (χ1) is 12.4. The molecule has 2 aromatic rings. The Morgan fingerprint density at radius 2 is 1.92 bits per heavy atom. The molecule has 1 amide bonds. The van der Waals surface area contributed by atoms with Crippen LogP contribution in [0.5, 0.6) is 0 Å². The van der Waals surface area contributed by atoms with E-state index in [9.17, 15) is 13.2 Å². The Hall–Kier alpha value is -2.06. The molecule has 1 fully saturated rings. The number of likely N-dealkylation sites (tertiary alicyclic amines) is 1. The zero-order chi connectivity index (χ0) is 18.7. The zero-order valence-corrected chi connectivity index (χ0v) is 15.9. The molecule has 0 aliphatic carbocycles. The summed E-state index contributed by atoms with van der Waals surface area (Å²) in [5, 5.41) is 0. The van der Waals surface area contributed by atoms with Crippen LogP contribution in [0.15, 0.2) is 35.6 Å². The van der Waals surface area contributed by atoms with Crippen LogP contribution in [0.2, 0.25) is 0 Å². The molecule has 0 saturated carbocycles. The second-order valence-electron chi connectivity index (χ2n) is 6.24. The number of carbonyl (C=O) groups is 1. The highest BCUT2D eigenvalue weighted by Crippen LogP contribution is 2.32. The highest BCUT2D eigenvalue weighted by molar-refractivity contribution is 7.90. The quantitative estimate of drug-likeness (QED) is 0.735. The van der Waals surface area contributed by atoms with Gasteiger partial charge >= 0.3 is 0 Å². The summed E-state index contributed by atoms with van der Waals surface area (Å²) in [7, 11) is -3.46. The van der Waals surface area contributed by atoms with Gasteiger partial charge < -0.3 is 4.90 Å². The van der Waals surface area contributed by atoms with Gasteiger partial charge in [0.25, 0.3) is 0 Å². The van der Waals surface area contributed by atoms with Gasteiger partial charge in [0.15, 0.2) is 15.7 Å². The predicted octanol–water partition coefficient (Wildman–Crippen LogP) is 1.89. The lowest BCUT2D eigenvalue weighted by Gasteiger charge is -2.32. The molecule has 7 nitrogen and oxygen atoms in total. The maximum absolute atomic E-state index is 12.2. The van der Waals surface area contributed by atoms with Crippen molar-refractivity contribution in [2.75, 3.05) is 25.2 Å². The van der Waals surface area contributed by atoms with Crippen LogP contribution in [0.25, 0.3) is 11.4 Å². The molecule has 0 spiro atoms. The third-order valence-corrected chi connectivity index (χ3v) is 5.81. The lowest BCUT2D eigenvalue weighted by molar-refractivity contribution is -0.129. The summed E-state index contributed by atoms with van der Waals surface area (Å²) in [5.74, 6) is 0.268. The molecule has 1 aliphatic heterocycles. The summed E-state index contributed by atoms with van der Waals surface area (Å²) in [6, 6.07) is 3.56. The smallest absolute Gasteiger partial charge is 0.237 e. The summed E-state index contributed by atoms with van der Waals surface area (Å²) >= 11 is 5.62. The highest BCUT2D eigenvalue weighted by Gasteiger charge is 2.29. The molecule has 0 N–H and O–H groups in total. The maximum Gasteiger partial charge on any atom is 0.237 e. The molecule has 0 radical (unpaired) electrons. The minimum atomic E-state index is -3.46. The Morgan fingerprint density at radius 1 is 1.27 bits per heavy atom. The molecule has 0 unspecified atom stereocenters. The molecule has 0 bridgehead atoms. The van der Waals surface area contributed by atoms with Crippen molar-refractivity contribution >= 4 is 27.3 Å². The van der Waals surface area contributed by atoms with Gasteiger partial charge in [-0.05, 0) is 25.0 Å². The number of sulfone groups is 1. The highest BCUT2D eigenvalue weighted by atomic mass is 35.5. The van der Waals surface area contributed by atoms with Crippen LogP contribution in [0, 0.1) is 0 Å². The number of hydrogen-bond donors (Lipinski definition) is 0. The van der Waals surface area contributed by atoms with Gasteiger partial charge in [-0.2, -0.15) is 0 Å². The van der Waals surface area contributed by atoms with E-state index in [-0.39, 0.29) is 22.6 Å². The number of hydrogen-bond acceptors (Lipinski definition) is 6. The largest absolute Gasteiger partial charge is 0.342 e. The minimum Gasteiger partial charge on any atom is -0.342 e. The first kappa shape index (κ1) is 18.7. The van der Waals surface area contributed by atoms with Crippen LogP contribution in [0.4, 0.5) is 0 Å². The zero-order valence-electron chi connectivity index (χ0n) is 14.3. The third kappa shape index (κ3) is 4.02. The van der Waals surface area contributed by atoms with Crippen LogP contribution in [-0.2, 0) is 14.6 Å². The van der Waals surface area contributed by atoms with E-state index in [2.05, 4.69) is 15.0 Å². The van der Waals surface area contributed by atoms with Crippen molar-refractivity contribution in [2.24, 2.45) is 0 Å². The van der Waals surface area contributed by atoms with Crippen molar-refractivity contribution in [3.63, 3.8) is 0 Å². The van der Waals surface area contributed by atoms with E-state index in [1.807, 2.05) is 0 Å². The van der Waals surface area contributed by atoms with Crippen LogP contribution in [0.1, 0.15) is 24.5 Å². The van der Waals surface area contributed by atoms with E-state index in [4.69, 9.17) is 11.6 Å². The van der Waals surface area contributed by atoms with E-state index in [1.54, 1.807) is 29.4 Å². The van der Waals surface area contributed by atoms with Crippen molar-refractivity contribution in [1.29, 1.82) is 0 Å². The fraction of sp³-hybridized carbons (Fsp3) is 0.412. The molecule has 9 heteroatoms. The van der Waals surface area contributed by atoms with Gasteiger partial charge in [-0.25, -0.2) is 18.4 Å². The number of alkyl halides is 1. The van der Waals surface area contributed by atoms with E-state index in [0.29, 0.717) is 37.4 Å². The summed E-state index contributed by atoms with van der Waals surface area (Å²) in [6.45, 7) is 1.07. The van der Waals surface area contributed by atoms with Gasteiger partial charge in [-0.1, -0.05) is 0 Å². The minimum absolute atomic E-state index is 0.0427. The van der Waals surface area contributed by atoms with Crippen LogP contribution < -0.4 is 0 Å². The first-order valence-electron chi connectivity index (χ1n) is 8.21. The van der Waals surface area contributed by atoms with Gasteiger partial charge in [0.2, 0.25) is 5.91 Å². The monoisotopic (exact) mass is 394 g/mol. The molecule has 26 heavy (non-hydrogen) atoms. The van der Waals surface area contributed by atoms with E-state index in [0.717, 1.165) is 11.8 Å². The average molecular weight is 395 g/mol. The van der Waals surface area contributed by atoms with Crippen molar-refractivity contribution in [3.8, 4) is 11.4 Å². The maximum atomic E-state index is 12.2. The number of amides is 1. The van der Waals surface area contributed by atoms with Gasteiger partial charge in [0.05, 0.1) is 5.69 Å². The lowest BCUT2D eigenvalue weighted by Crippen LogP contribution is -2.39. The molecule has 0 aromatic carbocycles. The normalized spacial score (nSPS) is 15.8. The predicted molar refractivity (Wildman–Crippen MR) is 97.6 cm³/mol. The molecule has 1 saturated heterocycles. The van der Waals surface area contributed by atoms with E-state index < -0.39 is 9.84 Å². The van der Waals surface area contributed by atoms with Crippen molar-refractivity contribution < 1.29 is 13.2 Å². The Kier molecular flexibility index (Phi) is 5.52. The van der Waals surface area contributed by atoms with Gasteiger partial charge in [0, 0.05) is 49.4 Å². The number of halogens is 1. The number of carbonyl (C=O) groups excluding carboxylic acids is 1. The molecule has 1 aliphatic rings. The van der Waals surface area contributed by atoms with Crippen molar-refractivity contribution in [3.05, 3.63) is 36.4 Å². The number of aromatic nitrogens is 3. The summed E-state index contributed by atoms with van der Waals surface area (Å²) in [5.41, 5.74) is 1.29. The number of rotatable bonds is 4. The fourth-order valence-electron chi connectivity index (χ4n) is 3.09. The second kappa shape index (κ2) is 7.67. The fourth-order valence-corrected chi connectivity index (χ4v) is 4.09. The molecular formula is C17H19ClN4O3S. The SMILES string of the molecule is CS(=O)(=O)c1cnc(-c2ccncc2)nc1C1CCN(C(=O)CCl)CC1. The topological polar surface area (TPSA) is 93.1 Å². The number of piperidine rings is 1. The van der Waals surface area contributed by atoms with Gasteiger partial charge in [-0.3, -0.25) is 9.78 Å². The Morgan fingerprint density at radius 3 is 2.50 bits per heavy atom. The molecule has 3 rings (SSSR count). The molecular weight excluding hydrogens is 376 g/mol. The Bertz CT molecular complexity index is 897. The molecule has 3 heterocycles. The lowest BCUT2D eigenvalue weighted by atomic mass is 9.93. The van der Waals surface area contributed by atoms with Crippen LogP contribution in [0.3, 0.4) is 0 Å². The molecule has 138 valence electrons. The van der Waals surface area contributed by atoms with Crippen molar-refractivity contribution in [1.82, 2.24) is 19.9 Å². The van der Waals surface area contributed by atoms with Crippen LogP contribution >= 0.6 is 11.6 Å². The summed E-state index contributed by atoms with van der Waals surface area (Å²) in [4.78, 5) is 26.4. The average Bonchev–Trinajstić information content (AvgIpc) is 2.67. The number of nitrogens with zero attached hydrogens (tertiary/aromatic N) is 4. The standard InChI is InChI=1S/C17H19ClN4O3S/c1-26(24,25)14-11-20-17(13-2-6-19-7-3-13)21-16(14)12-4-8-22(9-5-12)15(23)10-18/h2-3,6-7,11-12H,4-5,8-10H2,1H3. The summed E-state index contributed by atoms with van der Waals surface area (Å²) < 4.78 is 24.4. The second-order valence-corrected chi connectivity index (χ2v) is 8.49. The Labute approximate surface area is 157 Å². The molecule has 0 atom stereocenters. The van der Waals surface area contributed by atoms with Gasteiger partial charge in [-0.15, -0.1) is 11.6 Å². The number of pyridine rings is 1. The van der Waals surface area contributed by atoms with Gasteiger partial charge in [0.1, 0.15) is 10.8 Å². The Balaban J connectivity index is 1.95. The van der Waals surface area contributed by atoms with Crippen molar-refractivity contribution in [2.45, 2.75) is 23.7 Å². The molecule has 2 aromatic heterocycles. The first-order valence-corrected chi connectivity index (χ1v) is 10.6. The van der Waals surface area contributed by atoms with E-state index >= 15 is 0 Å².